The molecule has 1 aliphatic heterocycles. The molecule has 6 rings (SSSR count). The molecule has 0 aliphatic carbocycles. The highest BCUT2D eigenvalue weighted by atomic mass is 16.2. The van der Waals surface area contributed by atoms with Crippen molar-refractivity contribution in [1.82, 2.24) is 29.7 Å². The van der Waals surface area contributed by atoms with Crippen molar-refractivity contribution in [1.29, 1.82) is 0 Å². The molecule has 1 amide bonds. The maximum atomic E-state index is 13.1. The van der Waals surface area contributed by atoms with Crippen LogP contribution in [0.3, 0.4) is 0 Å². The van der Waals surface area contributed by atoms with Gasteiger partial charge in [-0.05, 0) is 18.1 Å². The fourth-order valence-corrected chi connectivity index (χ4v) is 4.29. The molecule has 0 saturated heterocycles. The van der Waals surface area contributed by atoms with Crippen LogP contribution in [-0.2, 0) is 13.0 Å². The molecule has 0 bridgehead atoms. The van der Waals surface area contributed by atoms with E-state index in [-0.39, 0.29) is 18.0 Å². The summed E-state index contributed by atoms with van der Waals surface area (Å²) in [5.41, 5.74) is 5.59. The molecule has 1 aliphatic rings. The number of fused-ring (bicyclic) bond motifs is 2. The quantitative estimate of drug-likeness (QED) is 0.453. The van der Waals surface area contributed by atoms with E-state index >= 15 is 0 Å². The number of hydrogen-bond acceptors (Lipinski definition) is 4. The monoisotopic (exact) mass is 436 g/mol. The molecule has 162 valence electrons. The van der Waals surface area contributed by atoms with E-state index in [0.29, 0.717) is 35.6 Å². The Morgan fingerprint density at radius 3 is 2.42 bits per heavy atom. The van der Waals surface area contributed by atoms with Crippen molar-refractivity contribution in [2.24, 2.45) is 0 Å². The van der Waals surface area contributed by atoms with E-state index < -0.39 is 0 Å². The van der Waals surface area contributed by atoms with Gasteiger partial charge in [0.15, 0.2) is 5.65 Å². The molecule has 0 atom stereocenters. The Bertz CT molecular complexity index is 1530. The minimum atomic E-state index is -0.156. The van der Waals surface area contributed by atoms with Crippen LogP contribution in [-0.4, -0.2) is 42.1 Å². The highest BCUT2D eigenvalue weighted by molar-refractivity contribution is 5.93. The smallest absolute Gasteiger partial charge is 0.276 e. The molecule has 0 radical (unpaired) electrons. The topological polar surface area (TPSA) is 99.2 Å². The van der Waals surface area contributed by atoms with Crippen LogP contribution in [0.25, 0.3) is 28.2 Å². The second kappa shape index (κ2) is 7.59. The van der Waals surface area contributed by atoms with Gasteiger partial charge in [0.25, 0.3) is 11.5 Å². The Kier molecular flexibility index (Phi) is 4.43. The summed E-state index contributed by atoms with van der Waals surface area (Å²) in [6.45, 7) is 0.728. The van der Waals surface area contributed by atoms with Crippen molar-refractivity contribution in [2.75, 3.05) is 6.54 Å². The lowest BCUT2D eigenvalue weighted by atomic mass is 10.1. The fraction of sp³-hybridized carbons (Fsp3) is 0.120. The molecule has 4 heterocycles. The molecular weight excluding hydrogens is 416 g/mol. The molecule has 8 nitrogen and oxygen atoms in total. The first-order chi connectivity index (χ1) is 16.2. The average Bonchev–Trinajstić information content (AvgIpc) is 3.53. The van der Waals surface area contributed by atoms with Crippen LogP contribution in [0.4, 0.5) is 0 Å². The number of nitrogens with zero attached hydrogens (tertiary/aromatic N) is 4. The Hall–Kier alpha value is -4.46. The van der Waals surface area contributed by atoms with Gasteiger partial charge in [0.1, 0.15) is 5.69 Å². The van der Waals surface area contributed by atoms with Gasteiger partial charge >= 0.3 is 0 Å². The zero-order valence-corrected chi connectivity index (χ0v) is 17.7. The van der Waals surface area contributed by atoms with Crippen LogP contribution in [0, 0.1) is 0 Å². The third-order valence-corrected chi connectivity index (χ3v) is 6.02. The zero-order chi connectivity index (χ0) is 22.4. The van der Waals surface area contributed by atoms with Gasteiger partial charge < -0.3 is 4.90 Å². The summed E-state index contributed by atoms with van der Waals surface area (Å²) >= 11 is 0. The first kappa shape index (κ1) is 19.2. The first-order valence-electron chi connectivity index (χ1n) is 10.8. The van der Waals surface area contributed by atoms with Gasteiger partial charge in [-0.3, -0.25) is 19.8 Å². The van der Waals surface area contributed by atoms with E-state index in [1.807, 2.05) is 66.7 Å². The zero-order valence-electron chi connectivity index (χ0n) is 17.7. The van der Waals surface area contributed by atoms with Crippen LogP contribution in [0.2, 0.25) is 0 Å². The van der Waals surface area contributed by atoms with Gasteiger partial charge in [-0.25, -0.2) is 9.50 Å². The van der Waals surface area contributed by atoms with Crippen molar-refractivity contribution in [3.8, 4) is 22.5 Å². The van der Waals surface area contributed by atoms with Gasteiger partial charge in [0.05, 0.1) is 23.6 Å². The highest BCUT2D eigenvalue weighted by Crippen LogP contribution is 2.22. The maximum Gasteiger partial charge on any atom is 0.276 e. The number of carbonyl (C=O) groups is 1. The molecule has 33 heavy (non-hydrogen) atoms. The summed E-state index contributed by atoms with van der Waals surface area (Å²) in [6.07, 6.45) is 0.454. The van der Waals surface area contributed by atoms with Crippen molar-refractivity contribution in [2.45, 2.75) is 13.0 Å². The van der Waals surface area contributed by atoms with Crippen molar-refractivity contribution >= 4 is 11.6 Å². The van der Waals surface area contributed by atoms with Crippen LogP contribution in [0.15, 0.2) is 77.6 Å². The standard InChI is InChI=1S/C25H20N6O2/c32-24-18-11-12-30(25(33)21-13-19(27-28-21)16-7-3-1-4-8-16)15-22(18)26-23-14-20(29-31(23)24)17-9-5-2-6-10-17/h1-10,13-14,29H,11-12,15H2,(H,27,28). The number of rotatable bonds is 3. The number of H-pyrrole nitrogens is 2. The predicted octanol–water partition coefficient (Wildman–Crippen LogP) is 3.28. The van der Waals surface area contributed by atoms with Gasteiger partial charge in [0, 0.05) is 23.7 Å². The van der Waals surface area contributed by atoms with Gasteiger partial charge in [-0.1, -0.05) is 60.7 Å². The van der Waals surface area contributed by atoms with Crippen LogP contribution in [0.1, 0.15) is 21.7 Å². The van der Waals surface area contributed by atoms with Crippen molar-refractivity contribution in [3.05, 3.63) is 100 Å². The van der Waals surface area contributed by atoms with Gasteiger partial charge in [-0.2, -0.15) is 5.10 Å². The Morgan fingerprint density at radius 2 is 1.67 bits per heavy atom. The number of aromatic nitrogens is 5. The minimum absolute atomic E-state index is 0.114. The van der Waals surface area contributed by atoms with Crippen LogP contribution < -0.4 is 5.56 Å². The summed E-state index contributed by atoms with van der Waals surface area (Å²) in [5.74, 6) is -0.156. The first-order valence-corrected chi connectivity index (χ1v) is 10.8. The third kappa shape index (κ3) is 3.32. The number of amides is 1. The Balaban J connectivity index is 1.30. The lowest BCUT2D eigenvalue weighted by Gasteiger charge is -2.27. The molecule has 5 aromatic rings. The number of benzene rings is 2. The summed E-state index contributed by atoms with van der Waals surface area (Å²) < 4.78 is 1.49. The van der Waals surface area contributed by atoms with E-state index in [9.17, 15) is 9.59 Å². The van der Waals surface area contributed by atoms with Gasteiger partial charge in [0.2, 0.25) is 0 Å². The summed E-state index contributed by atoms with van der Waals surface area (Å²) in [6, 6.07) is 23.1. The average molecular weight is 436 g/mol. The summed E-state index contributed by atoms with van der Waals surface area (Å²) in [7, 11) is 0. The lowest BCUT2D eigenvalue weighted by Crippen LogP contribution is -2.39. The summed E-state index contributed by atoms with van der Waals surface area (Å²) in [5, 5.41) is 10.3. The van der Waals surface area contributed by atoms with Gasteiger partial charge in [-0.15, -0.1) is 0 Å². The largest absolute Gasteiger partial charge is 0.331 e. The van der Waals surface area contributed by atoms with Crippen LogP contribution in [0.5, 0.6) is 0 Å². The number of aromatic amines is 2. The molecule has 3 aromatic heterocycles. The van der Waals surface area contributed by atoms with Crippen molar-refractivity contribution in [3.63, 3.8) is 0 Å². The molecular formula is C25H20N6O2. The van der Waals surface area contributed by atoms with E-state index in [2.05, 4.69) is 15.3 Å². The SMILES string of the molecule is O=C(c1cc(-c2ccccc2)n[nH]1)N1CCc2c(nc3cc(-c4ccccc4)[nH]n3c2=O)C1. The molecule has 8 heteroatoms. The van der Waals surface area contributed by atoms with Crippen LogP contribution >= 0.6 is 0 Å². The third-order valence-electron chi connectivity index (χ3n) is 6.02. The normalized spacial score (nSPS) is 13.3. The molecule has 0 spiro atoms. The molecule has 2 aromatic carbocycles. The number of carbonyl (C=O) groups excluding carboxylic acids is 1. The Labute approximate surface area is 188 Å². The van der Waals surface area contributed by atoms with E-state index in [4.69, 9.17) is 4.98 Å². The number of nitrogens with one attached hydrogen (secondary N) is 2. The predicted molar refractivity (Wildman–Crippen MR) is 124 cm³/mol. The van der Waals surface area contributed by atoms with E-state index in [0.717, 1.165) is 22.5 Å². The Morgan fingerprint density at radius 1 is 0.939 bits per heavy atom. The van der Waals surface area contributed by atoms with E-state index in [1.165, 1.54) is 4.52 Å². The highest BCUT2D eigenvalue weighted by Gasteiger charge is 2.27. The molecule has 2 N–H and O–H groups in total. The summed E-state index contributed by atoms with van der Waals surface area (Å²) in [4.78, 5) is 32.6. The second-order valence-corrected chi connectivity index (χ2v) is 8.08. The molecule has 0 saturated carbocycles. The van der Waals surface area contributed by atoms with E-state index in [1.54, 1.807) is 11.0 Å². The lowest BCUT2D eigenvalue weighted by molar-refractivity contribution is 0.0725. The second-order valence-electron chi connectivity index (χ2n) is 8.08. The van der Waals surface area contributed by atoms with Crippen molar-refractivity contribution < 1.29 is 4.79 Å². The molecule has 0 fully saturated rings. The fourth-order valence-electron chi connectivity index (χ4n) is 4.29. The minimum Gasteiger partial charge on any atom is -0.331 e. The molecule has 0 unspecified atom stereocenters. The number of hydrogen-bond donors (Lipinski definition) is 2. The maximum absolute atomic E-state index is 13.1.